The van der Waals surface area contributed by atoms with Crippen LogP contribution in [0.3, 0.4) is 0 Å². The van der Waals surface area contributed by atoms with Crippen LogP contribution in [-0.2, 0) is 17.9 Å². The molecule has 0 aliphatic carbocycles. The van der Waals surface area contributed by atoms with Crippen molar-refractivity contribution in [2.45, 2.75) is 19.5 Å². The molecular formula is C33H29Cl2N3O5. The topological polar surface area (TPSA) is 99.2 Å². The monoisotopic (exact) mass is 617 g/mol. The summed E-state index contributed by atoms with van der Waals surface area (Å²) in [6, 6.07) is 28.3. The summed E-state index contributed by atoms with van der Waals surface area (Å²) in [6.07, 6.45) is -0.0991. The lowest BCUT2D eigenvalue weighted by molar-refractivity contribution is -0.138. The highest BCUT2D eigenvalue weighted by molar-refractivity contribution is 6.35. The number of aliphatic carboxylic acids is 1. The first-order valence-electron chi connectivity index (χ1n) is 13.7. The second kappa shape index (κ2) is 13.6. The second-order valence-corrected chi connectivity index (χ2v) is 11.1. The molecule has 0 spiro atoms. The van der Waals surface area contributed by atoms with Crippen LogP contribution in [0, 0.1) is 5.92 Å². The molecule has 5 rings (SSSR count). The van der Waals surface area contributed by atoms with E-state index in [4.69, 9.17) is 27.9 Å². The zero-order valence-electron chi connectivity index (χ0n) is 23.1. The van der Waals surface area contributed by atoms with Crippen LogP contribution < -0.4 is 10.1 Å². The number of urea groups is 1. The average Bonchev–Trinajstić information content (AvgIpc) is 2.97. The Morgan fingerprint density at radius 3 is 2.21 bits per heavy atom. The van der Waals surface area contributed by atoms with Crippen LogP contribution in [0.5, 0.6) is 11.5 Å². The van der Waals surface area contributed by atoms with Gasteiger partial charge < -0.3 is 25.0 Å². The van der Waals surface area contributed by atoms with E-state index in [1.165, 1.54) is 0 Å². The maximum Gasteiger partial charge on any atom is 0.320 e. The number of carbonyl (C=O) groups is 3. The number of nitrogens with one attached hydrogen (secondary N) is 1. The van der Waals surface area contributed by atoms with Crippen molar-refractivity contribution >= 4 is 46.8 Å². The molecule has 4 aromatic carbocycles. The lowest BCUT2D eigenvalue weighted by atomic mass is 9.99. The number of nitrogens with zero attached hydrogens (tertiary/aromatic N) is 2. The molecule has 0 radical (unpaired) electrons. The van der Waals surface area contributed by atoms with E-state index < -0.39 is 5.97 Å². The van der Waals surface area contributed by atoms with Crippen molar-refractivity contribution in [1.29, 1.82) is 0 Å². The SMILES string of the molecule is O=C(O)CC1CN(Cc2ccc(Cl)cc2Cl)C(=O)N(Cc2ccccc2C(=O)Nc2cccc(Oc3ccccc3)c2)C1. The van der Waals surface area contributed by atoms with Gasteiger partial charge in [-0.2, -0.15) is 0 Å². The largest absolute Gasteiger partial charge is 0.481 e. The first kappa shape index (κ1) is 29.9. The first-order valence-corrected chi connectivity index (χ1v) is 14.4. The maximum atomic E-state index is 13.6. The molecule has 2 N–H and O–H groups in total. The average molecular weight is 619 g/mol. The Kier molecular flexibility index (Phi) is 9.49. The van der Waals surface area contributed by atoms with Gasteiger partial charge in [0, 0.05) is 59.5 Å². The predicted molar refractivity (Wildman–Crippen MR) is 166 cm³/mol. The third-order valence-corrected chi connectivity index (χ3v) is 7.62. The van der Waals surface area contributed by atoms with E-state index in [1.807, 2.05) is 30.3 Å². The van der Waals surface area contributed by atoms with Gasteiger partial charge in [0.2, 0.25) is 0 Å². The Morgan fingerprint density at radius 2 is 1.49 bits per heavy atom. The highest BCUT2D eigenvalue weighted by atomic mass is 35.5. The number of para-hydroxylation sites is 1. The summed E-state index contributed by atoms with van der Waals surface area (Å²) in [7, 11) is 0. The smallest absolute Gasteiger partial charge is 0.320 e. The van der Waals surface area contributed by atoms with E-state index >= 15 is 0 Å². The summed E-state index contributed by atoms with van der Waals surface area (Å²) < 4.78 is 5.89. The number of carboxylic acid groups (broad SMARTS) is 1. The van der Waals surface area contributed by atoms with Gasteiger partial charge in [0.25, 0.3) is 5.91 Å². The van der Waals surface area contributed by atoms with Crippen LogP contribution in [0.1, 0.15) is 27.9 Å². The molecule has 1 unspecified atom stereocenters. The van der Waals surface area contributed by atoms with Crippen molar-refractivity contribution < 1.29 is 24.2 Å². The molecule has 43 heavy (non-hydrogen) atoms. The molecule has 1 atom stereocenters. The third-order valence-electron chi connectivity index (χ3n) is 7.03. The number of hydrogen-bond donors (Lipinski definition) is 2. The van der Waals surface area contributed by atoms with E-state index in [9.17, 15) is 19.5 Å². The summed E-state index contributed by atoms with van der Waals surface area (Å²) in [4.78, 5) is 41.8. The van der Waals surface area contributed by atoms with E-state index in [0.29, 0.717) is 43.9 Å². The van der Waals surface area contributed by atoms with E-state index in [0.717, 1.165) is 0 Å². The van der Waals surface area contributed by atoms with Gasteiger partial charge in [-0.3, -0.25) is 9.59 Å². The van der Waals surface area contributed by atoms with Gasteiger partial charge in [-0.15, -0.1) is 0 Å². The summed E-state index contributed by atoms with van der Waals surface area (Å²) in [5, 5.41) is 13.3. The summed E-state index contributed by atoms with van der Waals surface area (Å²) in [5.74, 6) is -0.349. The Balaban J connectivity index is 1.33. The fourth-order valence-corrected chi connectivity index (χ4v) is 5.55. The van der Waals surface area contributed by atoms with E-state index in [1.54, 1.807) is 76.5 Å². The molecule has 1 aliphatic rings. The lowest BCUT2D eigenvalue weighted by Crippen LogP contribution is -2.53. The van der Waals surface area contributed by atoms with Crippen molar-refractivity contribution in [3.63, 3.8) is 0 Å². The van der Waals surface area contributed by atoms with Crippen LogP contribution in [0.2, 0.25) is 10.0 Å². The maximum absolute atomic E-state index is 13.6. The number of anilines is 1. The highest BCUT2D eigenvalue weighted by Gasteiger charge is 2.33. The molecule has 0 saturated carbocycles. The minimum Gasteiger partial charge on any atom is -0.481 e. The third kappa shape index (κ3) is 7.85. The van der Waals surface area contributed by atoms with Crippen molar-refractivity contribution in [3.8, 4) is 11.5 Å². The van der Waals surface area contributed by atoms with Gasteiger partial charge in [0.1, 0.15) is 11.5 Å². The number of hydrogen-bond acceptors (Lipinski definition) is 4. The second-order valence-electron chi connectivity index (χ2n) is 10.3. The summed E-state index contributed by atoms with van der Waals surface area (Å²) in [6.45, 7) is 0.834. The van der Waals surface area contributed by atoms with E-state index in [2.05, 4.69) is 5.32 Å². The Morgan fingerprint density at radius 1 is 0.814 bits per heavy atom. The number of carboxylic acids is 1. The number of carbonyl (C=O) groups excluding carboxylic acids is 2. The molecule has 8 nitrogen and oxygen atoms in total. The van der Waals surface area contributed by atoms with Crippen LogP contribution in [0.15, 0.2) is 97.1 Å². The van der Waals surface area contributed by atoms with Crippen molar-refractivity contribution in [1.82, 2.24) is 9.80 Å². The number of halogens is 2. The number of benzene rings is 4. The highest BCUT2D eigenvalue weighted by Crippen LogP contribution is 2.28. The fraction of sp³-hybridized carbons (Fsp3) is 0.182. The fourth-order valence-electron chi connectivity index (χ4n) is 5.08. The van der Waals surface area contributed by atoms with Gasteiger partial charge in [-0.05, 0) is 53.6 Å². The molecule has 220 valence electrons. The van der Waals surface area contributed by atoms with E-state index in [-0.39, 0.29) is 50.5 Å². The standard InChI is InChI=1S/C33H29Cl2N3O5/c34-25-14-13-24(30(35)16-25)21-38-19-22(15-31(39)40)18-37(33(38)42)20-23-7-4-5-12-29(23)32(41)36-26-8-6-11-28(17-26)43-27-9-2-1-3-10-27/h1-14,16-17,22H,15,18-21H2,(H,36,41)(H,39,40). The Hall–Kier alpha value is -4.53. The van der Waals surface area contributed by atoms with Crippen LogP contribution in [0.25, 0.3) is 0 Å². The predicted octanol–water partition coefficient (Wildman–Crippen LogP) is 7.57. The lowest BCUT2D eigenvalue weighted by Gasteiger charge is -2.40. The molecule has 10 heteroatoms. The zero-order valence-corrected chi connectivity index (χ0v) is 24.6. The molecule has 1 saturated heterocycles. The molecule has 1 aliphatic heterocycles. The summed E-state index contributed by atoms with van der Waals surface area (Å²) in [5.41, 5.74) is 2.28. The molecule has 4 aromatic rings. The quantitative estimate of drug-likeness (QED) is 0.191. The molecule has 3 amide bonds. The number of amides is 3. The molecule has 1 fully saturated rings. The number of ether oxygens (including phenoxy) is 1. The van der Waals surface area contributed by atoms with Crippen molar-refractivity contribution in [3.05, 3.63) is 124 Å². The van der Waals surface area contributed by atoms with Gasteiger partial charge in [-0.1, -0.05) is 71.7 Å². The normalized spacial score (nSPS) is 14.8. The minimum absolute atomic E-state index is 0.0991. The van der Waals surface area contributed by atoms with Crippen LogP contribution in [-0.4, -0.2) is 45.9 Å². The Bertz CT molecular complexity index is 1630. The zero-order chi connectivity index (χ0) is 30.3. The van der Waals surface area contributed by atoms with Gasteiger partial charge in [-0.25, -0.2) is 4.79 Å². The van der Waals surface area contributed by atoms with Gasteiger partial charge in [0.05, 0.1) is 6.42 Å². The first-order chi connectivity index (χ1) is 20.7. The molecular weight excluding hydrogens is 589 g/mol. The minimum atomic E-state index is -0.943. The van der Waals surface area contributed by atoms with Crippen molar-refractivity contribution in [2.75, 3.05) is 18.4 Å². The molecule has 0 bridgehead atoms. The summed E-state index contributed by atoms with van der Waals surface area (Å²) >= 11 is 12.4. The van der Waals surface area contributed by atoms with Gasteiger partial charge >= 0.3 is 12.0 Å². The van der Waals surface area contributed by atoms with Crippen LogP contribution >= 0.6 is 23.2 Å². The van der Waals surface area contributed by atoms with Crippen molar-refractivity contribution in [2.24, 2.45) is 5.92 Å². The Labute approximate surface area is 259 Å². The van der Waals surface area contributed by atoms with Crippen LogP contribution in [0.4, 0.5) is 10.5 Å². The molecule has 0 aromatic heterocycles. The number of rotatable bonds is 10. The molecule has 1 heterocycles. The van der Waals surface area contributed by atoms with Gasteiger partial charge in [0.15, 0.2) is 0 Å².